The van der Waals surface area contributed by atoms with Crippen LogP contribution in [0.5, 0.6) is 0 Å². The molecule has 0 spiro atoms. The largest absolute Gasteiger partial charge is 0.330 e. The molecule has 1 aromatic rings. The van der Waals surface area contributed by atoms with Gasteiger partial charge in [0.2, 0.25) is 0 Å². The van der Waals surface area contributed by atoms with E-state index in [1.54, 1.807) is 6.07 Å². The third kappa shape index (κ3) is 1.89. The predicted octanol–water partition coefficient (Wildman–Crippen LogP) is 4.01. The first-order valence-corrected chi connectivity index (χ1v) is 6.62. The molecule has 1 saturated carbocycles. The van der Waals surface area contributed by atoms with E-state index in [-0.39, 0.29) is 16.3 Å². The van der Waals surface area contributed by atoms with E-state index in [1.165, 1.54) is 0 Å². The Morgan fingerprint density at radius 1 is 1.38 bits per heavy atom. The minimum Gasteiger partial charge on any atom is -0.330 e. The molecule has 1 aliphatic carbocycles. The van der Waals surface area contributed by atoms with Crippen molar-refractivity contribution in [3.63, 3.8) is 0 Å². The minimum atomic E-state index is -0.376. The van der Waals surface area contributed by atoms with Gasteiger partial charge in [-0.2, -0.15) is 0 Å². The van der Waals surface area contributed by atoms with Crippen molar-refractivity contribution >= 4 is 27.5 Å². The van der Waals surface area contributed by atoms with Gasteiger partial charge in [0.1, 0.15) is 0 Å². The molecule has 0 saturated heterocycles. The first kappa shape index (κ1) is 12.3. The summed E-state index contributed by atoms with van der Waals surface area (Å²) < 4.78 is 14.1. The molecule has 1 aliphatic rings. The average molecular weight is 307 g/mol. The van der Waals surface area contributed by atoms with Gasteiger partial charge in [-0.15, -0.1) is 0 Å². The van der Waals surface area contributed by atoms with E-state index in [0.29, 0.717) is 11.0 Å². The van der Waals surface area contributed by atoms with Crippen LogP contribution in [0.3, 0.4) is 0 Å². The number of benzene rings is 1. The zero-order valence-electron chi connectivity index (χ0n) is 8.90. The van der Waals surface area contributed by atoms with Gasteiger partial charge in [0.05, 0.1) is 9.50 Å². The molecule has 1 fully saturated rings. The summed E-state index contributed by atoms with van der Waals surface area (Å²) in [6, 6.07) is 3.61. The van der Waals surface area contributed by atoms with E-state index in [9.17, 15) is 4.39 Å². The fourth-order valence-electron chi connectivity index (χ4n) is 2.57. The summed E-state index contributed by atoms with van der Waals surface area (Å²) in [7, 11) is 0. The lowest BCUT2D eigenvalue weighted by molar-refractivity contribution is 0.449. The molecule has 0 aliphatic heterocycles. The minimum absolute atomic E-state index is 0.112. The summed E-state index contributed by atoms with van der Waals surface area (Å²) >= 11 is 9.22. The highest BCUT2D eigenvalue weighted by Crippen LogP contribution is 2.44. The molecule has 0 radical (unpaired) electrons. The molecule has 1 nitrogen and oxygen atoms in total. The summed E-state index contributed by atoms with van der Waals surface area (Å²) in [5, 5.41) is 0.224. The van der Waals surface area contributed by atoms with Crippen molar-refractivity contribution in [1.82, 2.24) is 0 Å². The number of hydrogen-bond donors (Lipinski definition) is 1. The molecule has 16 heavy (non-hydrogen) atoms. The van der Waals surface area contributed by atoms with Gasteiger partial charge in [-0.3, -0.25) is 0 Å². The van der Waals surface area contributed by atoms with Gasteiger partial charge in [-0.1, -0.05) is 30.5 Å². The highest BCUT2D eigenvalue weighted by atomic mass is 79.9. The topological polar surface area (TPSA) is 26.0 Å². The van der Waals surface area contributed by atoms with Crippen LogP contribution in [0.15, 0.2) is 16.6 Å². The molecule has 0 amide bonds. The first-order valence-electron chi connectivity index (χ1n) is 5.45. The maximum absolute atomic E-state index is 13.7. The van der Waals surface area contributed by atoms with Crippen molar-refractivity contribution in [1.29, 1.82) is 0 Å². The van der Waals surface area contributed by atoms with Crippen molar-refractivity contribution in [3.05, 3.63) is 33.0 Å². The quantitative estimate of drug-likeness (QED) is 0.821. The van der Waals surface area contributed by atoms with Crippen LogP contribution in [0, 0.1) is 5.82 Å². The van der Waals surface area contributed by atoms with Crippen LogP contribution in [-0.2, 0) is 5.41 Å². The molecular weight excluding hydrogens is 292 g/mol. The Hall–Kier alpha value is -0.120. The SMILES string of the molecule is NCC1(c2ccc(Br)c(F)c2Cl)CCCC1. The Kier molecular flexibility index (Phi) is 3.57. The molecule has 0 unspecified atom stereocenters. The van der Waals surface area contributed by atoms with E-state index in [2.05, 4.69) is 15.9 Å². The van der Waals surface area contributed by atoms with Crippen molar-refractivity contribution in [3.8, 4) is 0 Å². The van der Waals surface area contributed by atoms with Crippen LogP contribution >= 0.6 is 27.5 Å². The molecule has 88 valence electrons. The zero-order chi connectivity index (χ0) is 11.8. The summed E-state index contributed by atoms with van der Waals surface area (Å²) in [5.41, 5.74) is 6.62. The smallest absolute Gasteiger partial charge is 0.156 e. The summed E-state index contributed by atoms with van der Waals surface area (Å²) in [6.07, 6.45) is 4.30. The van der Waals surface area contributed by atoms with E-state index in [4.69, 9.17) is 17.3 Å². The van der Waals surface area contributed by atoms with Gasteiger partial charge in [-0.05, 0) is 40.4 Å². The van der Waals surface area contributed by atoms with Crippen LogP contribution < -0.4 is 5.73 Å². The Bertz CT molecular complexity index is 402. The van der Waals surface area contributed by atoms with Crippen molar-refractivity contribution in [2.75, 3.05) is 6.54 Å². The maximum atomic E-state index is 13.7. The third-order valence-electron chi connectivity index (χ3n) is 3.56. The molecule has 0 heterocycles. The number of rotatable bonds is 2. The fraction of sp³-hybridized carbons (Fsp3) is 0.500. The Morgan fingerprint density at radius 2 is 2.00 bits per heavy atom. The van der Waals surface area contributed by atoms with Crippen LogP contribution in [0.25, 0.3) is 0 Å². The van der Waals surface area contributed by atoms with E-state index < -0.39 is 0 Å². The van der Waals surface area contributed by atoms with E-state index in [1.807, 2.05) is 6.07 Å². The number of hydrogen-bond acceptors (Lipinski definition) is 1. The Morgan fingerprint density at radius 3 is 2.56 bits per heavy atom. The van der Waals surface area contributed by atoms with Gasteiger partial charge in [0.25, 0.3) is 0 Å². The maximum Gasteiger partial charge on any atom is 0.156 e. The predicted molar refractivity (Wildman–Crippen MR) is 68.3 cm³/mol. The highest BCUT2D eigenvalue weighted by molar-refractivity contribution is 9.10. The molecule has 0 bridgehead atoms. The molecular formula is C12H14BrClFN. The second-order valence-electron chi connectivity index (χ2n) is 4.41. The highest BCUT2D eigenvalue weighted by Gasteiger charge is 2.36. The van der Waals surface area contributed by atoms with Crippen LogP contribution in [0.1, 0.15) is 31.2 Å². The molecule has 2 N–H and O–H groups in total. The van der Waals surface area contributed by atoms with Crippen molar-refractivity contribution < 1.29 is 4.39 Å². The lowest BCUT2D eigenvalue weighted by Gasteiger charge is -2.29. The monoisotopic (exact) mass is 305 g/mol. The Balaban J connectivity index is 2.51. The van der Waals surface area contributed by atoms with Gasteiger partial charge < -0.3 is 5.73 Å². The van der Waals surface area contributed by atoms with Gasteiger partial charge in [0, 0.05) is 12.0 Å². The Labute approximate surface area is 108 Å². The number of halogens is 3. The van der Waals surface area contributed by atoms with Gasteiger partial charge in [0.15, 0.2) is 5.82 Å². The van der Waals surface area contributed by atoms with E-state index in [0.717, 1.165) is 31.2 Å². The van der Waals surface area contributed by atoms with Crippen molar-refractivity contribution in [2.45, 2.75) is 31.1 Å². The summed E-state index contributed by atoms with van der Waals surface area (Å²) in [6.45, 7) is 0.536. The fourth-order valence-corrected chi connectivity index (χ4v) is 3.38. The third-order valence-corrected chi connectivity index (χ3v) is 4.54. The van der Waals surface area contributed by atoms with Crippen molar-refractivity contribution in [2.24, 2.45) is 5.73 Å². The molecule has 0 atom stereocenters. The lowest BCUT2D eigenvalue weighted by Crippen LogP contribution is -2.32. The standard InChI is InChI=1S/C12H14BrClFN/c13-9-4-3-8(10(14)11(9)15)12(7-16)5-1-2-6-12/h3-4H,1-2,5-7,16H2. The normalized spacial score (nSPS) is 19.0. The molecule has 4 heteroatoms. The zero-order valence-corrected chi connectivity index (χ0v) is 11.2. The van der Waals surface area contributed by atoms with Crippen LogP contribution in [0.2, 0.25) is 5.02 Å². The second-order valence-corrected chi connectivity index (χ2v) is 5.65. The molecule has 0 aromatic heterocycles. The first-order chi connectivity index (χ1) is 7.60. The van der Waals surface area contributed by atoms with Crippen LogP contribution in [0.4, 0.5) is 4.39 Å². The summed E-state index contributed by atoms with van der Waals surface area (Å²) in [4.78, 5) is 0. The molecule has 2 rings (SSSR count). The van der Waals surface area contributed by atoms with Gasteiger partial charge in [-0.25, -0.2) is 4.39 Å². The average Bonchev–Trinajstić information content (AvgIpc) is 2.76. The van der Waals surface area contributed by atoms with Crippen LogP contribution in [-0.4, -0.2) is 6.54 Å². The lowest BCUT2D eigenvalue weighted by atomic mass is 9.79. The number of nitrogens with two attached hydrogens (primary N) is 1. The van der Waals surface area contributed by atoms with Gasteiger partial charge >= 0.3 is 0 Å². The second kappa shape index (κ2) is 4.63. The summed E-state index contributed by atoms with van der Waals surface area (Å²) in [5.74, 6) is -0.376. The van der Waals surface area contributed by atoms with E-state index >= 15 is 0 Å². The molecule has 1 aromatic carbocycles.